The van der Waals surface area contributed by atoms with Crippen molar-refractivity contribution in [1.82, 2.24) is 10.0 Å². The van der Waals surface area contributed by atoms with Gasteiger partial charge in [0.05, 0.1) is 5.75 Å². The van der Waals surface area contributed by atoms with Gasteiger partial charge in [-0.3, -0.25) is 4.79 Å². The largest absolute Gasteiger partial charge is 0.354 e. The molecule has 0 aromatic heterocycles. The maximum atomic E-state index is 11.4. The molecule has 4 N–H and O–H groups in total. The molecule has 0 aromatic rings. The van der Waals surface area contributed by atoms with Crippen molar-refractivity contribution < 1.29 is 13.2 Å². The Balaban J connectivity index is 3.75. The maximum Gasteiger partial charge on any atom is 0.221 e. The summed E-state index contributed by atoms with van der Waals surface area (Å²) in [6.45, 7) is 4.35. The molecule has 0 aliphatic carbocycles. The van der Waals surface area contributed by atoms with Gasteiger partial charge in [0, 0.05) is 19.0 Å². The first-order valence-electron chi connectivity index (χ1n) is 5.84. The van der Waals surface area contributed by atoms with Crippen molar-refractivity contribution in [2.45, 2.75) is 39.2 Å². The molecule has 1 amide bonds. The van der Waals surface area contributed by atoms with E-state index in [4.69, 9.17) is 5.73 Å². The third-order valence-electron chi connectivity index (χ3n) is 1.99. The van der Waals surface area contributed by atoms with Crippen molar-refractivity contribution in [3.63, 3.8) is 0 Å². The van der Waals surface area contributed by atoms with Crippen molar-refractivity contribution in [3.05, 3.63) is 0 Å². The summed E-state index contributed by atoms with van der Waals surface area (Å²) in [5, 5.41) is 2.69. The Bertz CT molecular complexity index is 315. The third-order valence-corrected chi connectivity index (χ3v) is 3.46. The van der Waals surface area contributed by atoms with Crippen LogP contribution in [0.1, 0.15) is 33.1 Å². The molecule has 0 radical (unpaired) electrons. The number of carbonyl (C=O) groups is 1. The van der Waals surface area contributed by atoms with Gasteiger partial charge >= 0.3 is 0 Å². The molecular weight excluding hydrogens is 242 g/mol. The Labute approximate surface area is 103 Å². The number of amides is 1. The summed E-state index contributed by atoms with van der Waals surface area (Å²) in [7, 11) is -3.26. The van der Waals surface area contributed by atoms with Crippen molar-refractivity contribution in [2.24, 2.45) is 5.73 Å². The number of nitrogens with one attached hydrogen (secondary N) is 2. The van der Waals surface area contributed by atoms with E-state index < -0.39 is 10.0 Å². The fourth-order valence-electron chi connectivity index (χ4n) is 1.22. The monoisotopic (exact) mass is 265 g/mol. The maximum absolute atomic E-state index is 11.4. The van der Waals surface area contributed by atoms with Gasteiger partial charge in [-0.25, -0.2) is 13.1 Å². The summed E-state index contributed by atoms with van der Waals surface area (Å²) < 4.78 is 25.2. The highest BCUT2D eigenvalue weighted by Gasteiger charge is 2.10. The van der Waals surface area contributed by atoms with Gasteiger partial charge in [-0.15, -0.1) is 0 Å². The summed E-state index contributed by atoms with van der Waals surface area (Å²) in [6, 6.07) is 0.0728. The van der Waals surface area contributed by atoms with Gasteiger partial charge in [-0.2, -0.15) is 0 Å². The predicted molar refractivity (Wildman–Crippen MR) is 68.0 cm³/mol. The van der Waals surface area contributed by atoms with Crippen LogP contribution in [0.4, 0.5) is 0 Å². The minimum absolute atomic E-state index is 0.0655. The van der Waals surface area contributed by atoms with Gasteiger partial charge in [0.25, 0.3) is 0 Å². The van der Waals surface area contributed by atoms with Crippen molar-refractivity contribution in [1.29, 1.82) is 0 Å². The Kier molecular flexibility index (Phi) is 8.11. The summed E-state index contributed by atoms with van der Waals surface area (Å²) in [4.78, 5) is 11.2. The Morgan fingerprint density at radius 1 is 1.29 bits per heavy atom. The highest BCUT2D eigenvalue weighted by atomic mass is 32.2. The zero-order valence-electron chi connectivity index (χ0n) is 10.5. The molecule has 7 heteroatoms. The number of unbranched alkanes of at least 4 members (excludes halogenated alkanes) is 1. The van der Waals surface area contributed by atoms with Gasteiger partial charge in [0.15, 0.2) is 0 Å². The van der Waals surface area contributed by atoms with E-state index in [0.29, 0.717) is 19.4 Å². The lowest BCUT2D eigenvalue weighted by Crippen LogP contribution is -2.34. The zero-order chi connectivity index (χ0) is 13.3. The second-order valence-electron chi connectivity index (χ2n) is 4.18. The minimum atomic E-state index is -3.26. The average Bonchev–Trinajstić information content (AvgIpc) is 2.16. The van der Waals surface area contributed by atoms with Crippen molar-refractivity contribution in [2.75, 3.05) is 18.8 Å². The number of carbonyl (C=O) groups excluding carboxylic acids is 1. The summed E-state index contributed by atoms with van der Waals surface area (Å²) in [5.41, 5.74) is 5.28. The van der Waals surface area contributed by atoms with Crippen molar-refractivity contribution in [3.8, 4) is 0 Å². The lowest BCUT2D eigenvalue weighted by atomic mass is 10.3. The number of rotatable bonds is 9. The fourth-order valence-corrected chi connectivity index (χ4v) is 2.36. The van der Waals surface area contributed by atoms with Crippen LogP contribution in [-0.4, -0.2) is 39.2 Å². The van der Waals surface area contributed by atoms with E-state index in [-0.39, 0.29) is 30.7 Å². The van der Waals surface area contributed by atoms with E-state index in [0.717, 1.165) is 0 Å². The Hall–Kier alpha value is -0.660. The number of nitrogens with two attached hydrogens (primary N) is 1. The molecule has 0 saturated heterocycles. The molecule has 0 fully saturated rings. The molecule has 0 aromatic carbocycles. The number of hydrogen-bond acceptors (Lipinski definition) is 4. The average molecular weight is 265 g/mol. The predicted octanol–water partition coefficient (Wildman–Crippen LogP) is -0.441. The molecule has 0 unspecified atom stereocenters. The van der Waals surface area contributed by atoms with Gasteiger partial charge in [0.1, 0.15) is 0 Å². The second kappa shape index (κ2) is 8.43. The standard InChI is InChI=1S/C10H23N3O3S/c1-9(2)13-10(14)5-7-12-17(15,16)8-4-3-6-11/h9,12H,3-8,11H2,1-2H3,(H,13,14). The van der Waals surface area contributed by atoms with Crippen LogP contribution in [0.5, 0.6) is 0 Å². The van der Waals surface area contributed by atoms with E-state index in [1.165, 1.54) is 0 Å². The minimum Gasteiger partial charge on any atom is -0.354 e. The van der Waals surface area contributed by atoms with E-state index in [2.05, 4.69) is 10.0 Å². The van der Waals surface area contributed by atoms with E-state index >= 15 is 0 Å². The molecule has 0 aliphatic rings. The van der Waals surface area contributed by atoms with Crippen LogP contribution < -0.4 is 15.8 Å². The second-order valence-corrected chi connectivity index (χ2v) is 6.11. The topological polar surface area (TPSA) is 101 Å². The summed E-state index contributed by atoms with van der Waals surface area (Å²) in [5.74, 6) is -0.0830. The Morgan fingerprint density at radius 2 is 1.94 bits per heavy atom. The highest BCUT2D eigenvalue weighted by Crippen LogP contribution is 1.93. The number of sulfonamides is 1. The smallest absolute Gasteiger partial charge is 0.221 e. The number of hydrogen-bond donors (Lipinski definition) is 3. The van der Waals surface area contributed by atoms with E-state index in [1.807, 2.05) is 13.8 Å². The van der Waals surface area contributed by atoms with Gasteiger partial charge in [-0.05, 0) is 33.2 Å². The lowest BCUT2D eigenvalue weighted by Gasteiger charge is -2.09. The molecule has 0 saturated carbocycles. The zero-order valence-corrected chi connectivity index (χ0v) is 11.3. The Morgan fingerprint density at radius 3 is 2.47 bits per heavy atom. The van der Waals surface area contributed by atoms with Crippen LogP contribution >= 0.6 is 0 Å². The first-order valence-corrected chi connectivity index (χ1v) is 7.49. The molecule has 0 aliphatic heterocycles. The molecule has 102 valence electrons. The molecular formula is C10H23N3O3S. The van der Waals surface area contributed by atoms with Crippen LogP contribution in [0, 0.1) is 0 Å². The SMILES string of the molecule is CC(C)NC(=O)CCNS(=O)(=O)CCCCN. The fraction of sp³-hybridized carbons (Fsp3) is 0.900. The van der Waals surface area contributed by atoms with Gasteiger partial charge in [-0.1, -0.05) is 0 Å². The third kappa shape index (κ3) is 10.2. The molecule has 0 bridgehead atoms. The van der Waals surface area contributed by atoms with E-state index in [1.54, 1.807) is 0 Å². The van der Waals surface area contributed by atoms with Crippen LogP contribution in [0.3, 0.4) is 0 Å². The van der Waals surface area contributed by atoms with Gasteiger partial charge < -0.3 is 11.1 Å². The first-order chi connectivity index (χ1) is 7.87. The lowest BCUT2D eigenvalue weighted by molar-refractivity contribution is -0.121. The van der Waals surface area contributed by atoms with Crippen LogP contribution in [0.15, 0.2) is 0 Å². The van der Waals surface area contributed by atoms with Crippen molar-refractivity contribution >= 4 is 15.9 Å². The van der Waals surface area contributed by atoms with Crippen LogP contribution in [0.2, 0.25) is 0 Å². The normalized spacial score (nSPS) is 11.8. The first kappa shape index (κ1) is 16.3. The highest BCUT2D eigenvalue weighted by molar-refractivity contribution is 7.89. The summed E-state index contributed by atoms with van der Waals surface area (Å²) in [6.07, 6.45) is 1.40. The molecule has 0 heterocycles. The summed E-state index contributed by atoms with van der Waals surface area (Å²) >= 11 is 0. The molecule has 0 atom stereocenters. The molecule has 0 rings (SSSR count). The quantitative estimate of drug-likeness (QED) is 0.492. The van der Waals surface area contributed by atoms with Crippen LogP contribution in [-0.2, 0) is 14.8 Å². The van der Waals surface area contributed by atoms with Gasteiger partial charge in [0.2, 0.25) is 15.9 Å². The van der Waals surface area contributed by atoms with E-state index in [9.17, 15) is 13.2 Å². The molecule has 17 heavy (non-hydrogen) atoms. The molecule has 6 nitrogen and oxygen atoms in total. The molecule has 0 spiro atoms. The van der Waals surface area contributed by atoms with Crippen LogP contribution in [0.25, 0.3) is 0 Å².